The highest BCUT2D eigenvalue weighted by molar-refractivity contribution is 7.90. The number of nitrogens with one attached hydrogen (secondary N) is 1. The minimum Gasteiger partial charge on any atom is -0.352 e. The highest BCUT2D eigenvalue weighted by atomic mass is 32.2. The molecule has 1 atom stereocenters. The molecule has 2 aromatic rings. The van der Waals surface area contributed by atoms with Crippen molar-refractivity contribution in [3.63, 3.8) is 0 Å². The molecule has 202 valence electrons. The maximum atomic E-state index is 13.6. The van der Waals surface area contributed by atoms with Crippen LogP contribution in [0.5, 0.6) is 0 Å². The minimum absolute atomic E-state index is 0.0244. The van der Waals surface area contributed by atoms with Crippen molar-refractivity contribution in [3.8, 4) is 0 Å². The third-order valence-corrected chi connectivity index (χ3v) is 8.34. The summed E-state index contributed by atoms with van der Waals surface area (Å²) in [5.74, 6) is -1.97. The number of carbonyl (C=O) groups is 2. The summed E-state index contributed by atoms with van der Waals surface area (Å²) in [4.78, 5) is 28.1. The van der Waals surface area contributed by atoms with E-state index in [2.05, 4.69) is 5.32 Å². The van der Waals surface area contributed by atoms with Gasteiger partial charge in [-0.05, 0) is 61.7 Å². The maximum absolute atomic E-state index is 13.6. The third-order valence-electron chi connectivity index (χ3n) is 6.52. The molecule has 1 saturated carbocycles. The Labute approximate surface area is 217 Å². The maximum Gasteiger partial charge on any atom is 0.304 e. The van der Waals surface area contributed by atoms with Gasteiger partial charge in [0.25, 0.3) is 0 Å². The molecular formula is C26H34F2N4O4S. The fourth-order valence-corrected chi connectivity index (χ4v) is 5.32. The lowest BCUT2D eigenvalue weighted by molar-refractivity contribution is -0.139. The molecule has 8 nitrogen and oxygen atoms in total. The van der Waals surface area contributed by atoms with Crippen molar-refractivity contribution >= 4 is 27.7 Å². The molecule has 1 unspecified atom stereocenters. The molecule has 0 saturated heterocycles. The standard InChI is InChI=1S/C26H34F2N4O4S/c1-19(26(34)29-23-7-5-4-6-8-23)31(17-20-9-11-21(27)12-10-20)25(33)18-32(37(35,36)30(2)3)24-15-13-22(28)14-16-24/h9-16,19,23H,4-8,17-18H2,1-3H3,(H,29,34). The number of hydrogen-bond acceptors (Lipinski definition) is 4. The second kappa shape index (κ2) is 12.5. The van der Waals surface area contributed by atoms with Crippen LogP contribution in [0.2, 0.25) is 0 Å². The van der Waals surface area contributed by atoms with Gasteiger partial charge in [-0.1, -0.05) is 31.4 Å². The number of rotatable bonds is 10. The van der Waals surface area contributed by atoms with Crippen LogP contribution in [-0.4, -0.2) is 62.2 Å². The summed E-state index contributed by atoms with van der Waals surface area (Å²) in [5.41, 5.74) is 0.681. The lowest BCUT2D eigenvalue weighted by atomic mass is 9.95. The van der Waals surface area contributed by atoms with E-state index in [0.717, 1.165) is 52.8 Å². The van der Waals surface area contributed by atoms with Crippen LogP contribution in [0.4, 0.5) is 14.5 Å². The number of anilines is 1. The van der Waals surface area contributed by atoms with Gasteiger partial charge in [0.15, 0.2) is 0 Å². The van der Waals surface area contributed by atoms with E-state index in [1.807, 2.05) is 0 Å². The zero-order valence-corrected chi connectivity index (χ0v) is 22.2. The van der Waals surface area contributed by atoms with Gasteiger partial charge in [0, 0.05) is 26.7 Å². The van der Waals surface area contributed by atoms with E-state index in [-0.39, 0.29) is 24.2 Å². The number of nitrogens with zero attached hydrogens (tertiary/aromatic N) is 3. The van der Waals surface area contributed by atoms with Crippen molar-refractivity contribution in [1.82, 2.24) is 14.5 Å². The fourth-order valence-electron chi connectivity index (χ4n) is 4.26. The van der Waals surface area contributed by atoms with E-state index in [9.17, 15) is 26.8 Å². The number of carbonyl (C=O) groups excluding carboxylic acids is 2. The lowest BCUT2D eigenvalue weighted by Gasteiger charge is -2.33. The van der Waals surface area contributed by atoms with Gasteiger partial charge in [0.1, 0.15) is 24.2 Å². The van der Waals surface area contributed by atoms with Gasteiger partial charge < -0.3 is 10.2 Å². The summed E-state index contributed by atoms with van der Waals surface area (Å²) in [5, 5.41) is 3.01. The topological polar surface area (TPSA) is 90.0 Å². The van der Waals surface area contributed by atoms with Crippen LogP contribution in [-0.2, 0) is 26.3 Å². The zero-order valence-electron chi connectivity index (χ0n) is 21.4. The van der Waals surface area contributed by atoms with Crippen molar-refractivity contribution < 1.29 is 26.8 Å². The Kier molecular flexibility index (Phi) is 9.61. The summed E-state index contributed by atoms with van der Waals surface area (Å²) >= 11 is 0. The Hall–Kier alpha value is -3.05. The number of amides is 2. The molecule has 1 aliphatic carbocycles. The number of halogens is 2. The van der Waals surface area contributed by atoms with Crippen LogP contribution < -0.4 is 9.62 Å². The van der Waals surface area contributed by atoms with Crippen molar-refractivity contribution in [2.45, 2.75) is 57.7 Å². The first-order chi connectivity index (χ1) is 17.5. The molecule has 0 bridgehead atoms. The van der Waals surface area contributed by atoms with Crippen LogP contribution in [0.1, 0.15) is 44.6 Å². The Balaban J connectivity index is 1.90. The van der Waals surface area contributed by atoms with E-state index < -0.39 is 40.3 Å². The van der Waals surface area contributed by atoms with Crippen molar-refractivity contribution in [2.75, 3.05) is 24.9 Å². The van der Waals surface area contributed by atoms with E-state index in [4.69, 9.17) is 0 Å². The van der Waals surface area contributed by atoms with Crippen molar-refractivity contribution in [1.29, 1.82) is 0 Å². The highest BCUT2D eigenvalue weighted by Crippen LogP contribution is 2.22. The molecule has 1 N–H and O–H groups in total. The average molecular weight is 537 g/mol. The van der Waals surface area contributed by atoms with Crippen LogP contribution in [0.25, 0.3) is 0 Å². The van der Waals surface area contributed by atoms with Crippen LogP contribution >= 0.6 is 0 Å². The Morgan fingerprint density at radius 3 is 2.03 bits per heavy atom. The van der Waals surface area contributed by atoms with E-state index in [1.54, 1.807) is 6.92 Å². The first-order valence-corrected chi connectivity index (χ1v) is 13.7. The summed E-state index contributed by atoms with van der Waals surface area (Å²) in [6.45, 7) is 0.939. The number of benzene rings is 2. The summed E-state index contributed by atoms with van der Waals surface area (Å²) in [6.07, 6.45) is 4.89. The molecule has 37 heavy (non-hydrogen) atoms. The van der Waals surface area contributed by atoms with Crippen molar-refractivity contribution in [3.05, 3.63) is 65.7 Å². The Morgan fingerprint density at radius 2 is 1.49 bits per heavy atom. The van der Waals surface area contributed by atoms with E-state index >= 15 is 0 Å². The largest absolute Gasteiger partial charge is 0.352 e. The molecule has 1 fully saturated rings. The lowest BCUT2D eigenvalue weighted by Crippen LogP contribution is -2.53. The second-order valence-electron chi connectivity index (χ2n) is 9.44. The molecule has 0 aliphatic heterocycles. The van der Waals surface area contributed by atoms with E-state index in [1.165, 1.54) is 55.4 Å². The van der Waals surface area contributed by atoms with Gasteiger partial charge in [-0.15, -0.1) is 0 Å². The second-order valence-corrected chi connectivity index (χ2v) is 11.5. The van der Waals surface area contributed by atoms with Gasteiger partial charge in [-0.25, -0.2) is 13.1 Å². The molecule has 1 aliphatic rings. The SMILES string of the molecule is CC(C(=O)NC1CCCCC1)N(Cc1ccc(F)cc1)C(=O)CN(c1ccc(F)cc1)S(=O)(=O)N(C)C. The third kappa shape index (κ3) is 7.48. The molecule has 11 heteroatoms. The Bertz CT molecular complexity index is 1170. The molecule has 2 amide bonds. The van der Waals surface area contributed by atoms with Gasteiger partial charge >= 0.3 is 10.2 Å². The fraction of sp³-hybridized carbons (Fsp3) is 0.462. The highest BCUT2D eigenvalue weighted by Gasteiger charge is 2.33. The quantitative estimate of drug-likeness (QED) is 0.504. The zero-order chi connectivity index (χ0) is 27.2. The first-order valence-electron chi connectivity index (χ1n) is 12.3. The summed E-state index contributed by atoms with van der Waals surface area (Å²) < 4.78 is 55.0. The Morgan fingerprint density at radius 1 is 0.946 bits per heavy atom. The minimum atomic E-state index is -4.13. The smallest absolute Gasteiger partial charge is 0.304 e. The predicted octanol–water partition coefficient (Wildman–Crippen LogP) is 3.44. The number of hydrogen-bond donors (Lipinski definition) is 1. The summed E-state index contributed by atoms with van der Waals surface area (Å²) in [7, 11) is -1.48. The molecule has 0 spiro atoms. The first kappa shape index (κ1) is 28.5. The van der Waals surface area contributed by atoms with Crippen LogP contribution in [0.3, 0.4) is 0 Å². The summed E-state index contributed by atoms with van der Waals surface area (Å²) in [6, 6.07) is 9.39. The van der Waals surface area contributed by atoms with Gasteiger partial charge in [-0.2, -0.15) is 12.7 Å². The molecule has 3 rings (SSSR count). The van der Waals surface area contributed by atoms with Crippen LogP contribution in [0.15, 0.2) is 48.5 Å². The van der Waals surface area contributed by atoms with E-state index in [0.29, 0.717) is 5.56 Å². The molecular weight excluding hydrogens is 502 g/mol. The van der Waals surface area contributed by atoms with Gasteiger partial charge in [0.2, 0.25) is 11.8 Å². The molecule has 0 radical (unpaired) electrons. The van der Waals surface area contributed by atoms with Gasteiger partial charge in [-0.3, -0.25) is 9.59 Å². The normalized spacial score (nSPS) is 15.3. The van der Waals surface area contributed by atoms with Gasteiger partial charge in [0.05, 0.1) is 5.69 Å². The van der Waals surface area contributed by atoms with Crippen molar-refractivity contribution in [2.24, 2.45) is 0 Å². The molecule has 0 aromatic heterocycles. The monoisotopic (exact) mass is 536 g/mol. The predicted molar refractivity (Wildman–Crippen MR) is 138 cm³/mol. The average Bonchev–Trinajstić information content (AvgIpc) is 2.87. The molecule has 0 heterocycles. The van der Waals surface area contributed by atoms with Crippen LogP contribution in [0, 0.1) is 11.6 Å². The molecule has 2 aromatic carbocycles.